The van der Waals surface area contributed by atoms with Crippen LogP contribution < -0.4 is 0 Å². The molecule has 2 aromatic rings. The Balaban J connectivity index is 2.30. The Morgan fingerprint density at radius 3 is 2.73 bits per heavy atom. The average molecular weight is 201 g/mol. The Bertz CT molecular complexity index is 496. The van der Waals surface area contributed by atoms with Gasteiger partial charge in [-0.05, 0) is 12.5 Å². The van der Waals surface area contributed by atoms with Gasteiger partial charge >= 0.3 is 0 Å². The molecular weight excluding hydrogens is 194 g/mol. The van der Waals surface area contributed by atoms with Crippen molar-refractivity contribution in [3.8, 4) is 17.7 Å². The molecule has 0 radical (unpaired) electrons. The van der Waals surface area contributed by atoms with Gasteiger partial charge in [0.2, 0.25) is 17.5 Å². The van der Waals surface area contributed by atoms with E-state index in [0.29, 0.717) is 11.6 Å². The Labute approximate surface area is 85.6 Å². The maximum Gasteiger partial charge on any atom is 0.241 e. The lowest BCUT2D eigenvalue weighted by Crippen LogP contribution is -1.91. The van der Waals surface area contributed by atoms with Crippen molar-refractivity contribution in [2.75, 3.05) is 0 Å². The molecule has 74 valence electrons. The smallest absolute Gasteiger partial charge is 0.241 e. The minimum Gasteiger partial charge on any atom is -0.338 e. The third-order valence-corrected chi connectivity index (χ3v) is 1.68. The molecule has 0 N–H and O–H groups in total. The summed E-state index contributed by atoms with van der Waals surface area (Å²) in [5.74, 6) is 0.977. The molecule has 0 saturated heterocycles. The molecule has 6 nitrogen and oxygen atoms in total. The Morgan fingerprint density at radius 1 is 1.33 bits per heavy atom. The third kappa shape index (κ3) is 1.96. The van der Waals surface area contributed by atoms with E-state index in [2.05, 4.69) is 20.1 Å². The molecule has 0 aliphatic carbocycles. The maximum absolute atomic E-state index is 8.43. The molecule has 15 heavy (non-hydrogen) atoms. The number of hydrogen-bond donors (Lipinski definition) is 0. The fourth-order valence-electron chi connectivity index (χ4n) is 0.993. The van der Waals surface area contributed by atoms with Gasteiger partial charge in [0.25, 0.3) is 0 Å². The normalized spacial score (nSPS) is 9.87. The first-order valence-corrected chi connectivity index (χ1v) is 4.28. The van der Waals surface area contributed by atoms with Crippen LogP contribution in [0, 0.1) is 18.3 Å². The molecule has 2 heterocycles. The second-order valence-electron chi connectivity index (χ2n) is 2.93. The van der Waals surface area contributed by atoms with Gasteiger partial charge in [0.15, 0.2) is 0 Å². The van der Waals surface area contributed by atoms with Gasteiger partial charge in [-0.15, -0.1) is 0 Å². The van der Waals surface area contributed by atoms with E-state index < -0.39 is 0 Å². The molecule has 0 atom stereocenters. The van der Waals surface area contributed by atoms with Gasteiger partial charge in [-0.1, -0.05) is 5.16 Å². The zero-order valence-corrected chi connectivity index (χ0v) is 8.01. The van der Waals surface area contributed by atoms with Crippen molar-refractivity contribution in [2.45, 2.75) is 13.3 Å². The minimum atomic E-state index is 0.0961. The average Bonchev–Trinajstić information content (AvgIpc) is 2.68. The fraction of sp³-hybridized carbons (Fsp3) is 0.222. The highest BCUT2D eigenvalue weighted by molar-refractivity contribution is 5.40. The van der Waals surface area contributed by atoms with Crippen LogP contribution in [0.25, 0.3) is 11.6 Å². The van der Waals surface area contributed by atoms with Gasteiger partial charge in [0.1, 0.15) is 6.42 Å². The summed E-state index contributed by atoms with van der Waals surface area (Å²) >= 11 is 0. The maximum atomic E-state index is 8.43. The molecule has 0 fully saturated rings. The molecule has 0 bridgehead atoms. The fourth-order valence-corrected chi connectivity index (χ4v) is 0.993. The van der Waals surface area contributed by atoms with E-state index in [9.17, 15) is 0 Å². The quantitative estimate of drug-likeness (QED) is 0.717. The van der Waals surface area contributed by atoms with Crippen LogP contribution in [-0.2, 0) is 6.42 Å². The third-order valence-electron chi connectivity index (χ3n) is 1.68. The molecule has 6 heteroatoms. The number of rotatable bonds is 2. The second-order valence-corrected chi connectivity index (χ2v) is 2.93. The van der Waals surface area contributed by atoms with Crippen LogP contribution in [0.1, 0.15) is 11.5 Å². The summed E-state index contributed by atoms with van der Waals surface area (Å²) in [5.41, 5.74) is 0.958. The van der Waals surface area contributed by atoms with E-state index in [1.165, 1.54) is 0 Å². The molecular formula is C9H7N5O. The summed E-state index contributed by atoms with van der Waals surface area (Å²) in [7, 11) is 0. The van der Waals surface area contributed by atoms with Crippen LogP contribution in [0.4, 0.5) is 0 Å². The van der Waals surface area contributed by atoms with Crippen LogP contribution in [0.2, 0.25) is 0 Å². The first kappa shape index (κ1) is 9.27. The van der Waals surface area contributed by atoms with Crippen LogP contribution in [0.3, 0.4) is 0 Å². The van der Waals surface area contributed by atoms with Gasteiger partial charge < -0.3 is 4.52 Å². The second kappa shape index (κ2) is 3.84. The Hall–Kier alpha value is -2.29. The Kier molecular flexibility index (Phi) is 2.37. The zero-order chi connectivity index (χ0) is 10.7. The van der Waals surface area contributed by atoms with E-state index in [1.54, 1.807) is 12.4 Å². The number of aromatic nitrogens is 4. The van der Waals surface area contributed by atoms with Crippen LogP contribution >= 0.6 is 0 Å². The SMILES string of the molecule is Cc1cnc(-c2noc(CC#N)n2)nc1. The van der Waals surface area contributed by atoms with Gasteiger partial charge in [-0.25, -0.2) is 9.97 Å². The number of nitrogens with zero attached hydrogens (tertiary/aromatic N) is 5. The van der Waals surface area contributed by atoms with Crippen molar-refractivity contribution in [1.82, 2.24) is 20.1 Å². The van der Waals surface area contributed by atoms with Crippen LogP contribution in [-0.4, -0.2) is 20.1 Å². The number of aryl methyl sites for hydroxylation is 1. The van der Waals surface area contributed by atoms with E-state index in [0.717, 1.165) is 5.56 Å². The van der Waals surface area contributed by atoms with Crippen molar-refractivity contribution in [3.63, 3.8) is 0 Å². The molecule has 2 aromatic heterocycles. The molecule has 0 spiro atoms. The van der Waals surface area contributed by atoms with E-state index >= 15 is 0 Å². The summed E-state index contributed by atoms with van der Waals surface area (Å²) in [5, 5.41) is 12.1. The molecule has 0 aliphatic rings. The van der Waals surface area contributed by atoms with Crippen molar-refractivity contribution in [3.05, 3.63) is 23.8 Å². The molecule has 0 aromatic carbocycles. The standard InChI is InChI=1S/C9H7N5O/c1-6-4-11-8(12-5-6)9-13-7(2-3-10)15-14-9/h4-5H,2H2,1H3. The predicted molar refractivity (Wildman–Crippen MR) is 49.4 cm³/mol. The van der Waals surface area contributed by atoms with Crippen molar-refractivity contribution in [1.29, 1.82) is 5.26 Å². The highest BCUT2D eigenvalue weighted by Gasteiger charge is 2.09. The summed E-state index contributed by atoms with van der Waals surface area (Å²) in [6, 6.07) is 1.92. The largest absolute Gasteiger partial charge is 0.338 e. The van der Waals surface area contributed by atoms with Crippen molar-refractivity contribution >= 4 is 0 Å². The minimum absolute atomic E-state index is 0.0961. The molecule has 0 saturated carbocycles. The highest BCUT2D eigenvalue weighted by atomic mass is 16.5. The molecule has 0 unspecified atom stereocenters. The van der Waals surface area contributed by atoms with E-state index in [-0.39, 0.29) is 12.3 Å². The number of hydrogen-bond acceptors (Lipinski definition) is 6. The molecule has 0 amide bonds. The van der Waals surface area contributed by atoms with E-state index in [1.807, 2.05) is 13.0 Å². The van der Waals surface area contributed by atoms with E-state index in [4.69, 9.17) is 9.78 Å². The highest BCUT2D eigenvalue weighted by Crippen LogP contribution is 2.09. The first-order valence-electron chi connectivity index (χ1n) is 4.28. The lowest BCUT2D eigenvalue weighted by atomic mass is 10.4. The lowest BCUT2D eigenvalue weighted by molar-refractivity contribution is 0.387. The summed E-state index contributed by atoms with van der Waals surface area (Å²) in [6.07, 6.45) is 3.43. The van der Waals surface area contributed by atoms with Crippen molar-refractivity contribution in [2.24, 2.45) is 0 Å². The van der Waals surface area contributed by atoms with Gasteiger partial charge in [-0.3, -0.25) is 0 Å². The molecule has 2 rings (SSSR count). The van der Waals surface area contributed by atoms with Crippen LogP contribution in [0.15, 0.2) is 16.9 Å². The lowest BCUT2D eigenvalue weighted by Gasteiger charge is -1.92. The predicted octanol–water partition coefficient (Wildman–Crippen LogP) is 0.901. The molecule has 0 aliphatic heterocycles. The summed E-state index contributed by atoms with van der Waals surface area (Å²) in [4.78, 5) is 12.1. The summed E-state index contributed by atoms with van der Waals surface area (Å²) < 4.78 is 4.83. The first-order chi connectivity index (χ1) is 7.29. The van der Waals surface area contributed by atoms with Crippen molar-refractivity contribution < 1.29 is 4.52 Å². The monoisotopic (exact) mass is 201 g/mol. The van der Waals surface area contributed by atoms with Crippen LogP contribution in [0.5, 0.6) is 0 Å². The van der Waals surface area contributed by atoms with Gasteiger partial charge in [0.05, 0.1) is 6.07 Å². The van der Waals surface area contributed by atoms with Gasteiger partial charge in [0, 0.05) is 12.4 Å². The topological polar surface area (TPSA) is 88.5 Å². The number of nitriles is 1. The Morgan fingerprint density at radius 2 is 2.07 bits per heavy atom. The zero-order valence-electron chi connectivity index (χ0n) is 8.01. The van der Waals surface area contributed by atoms with Gasteiger partial charge in [-0.2, -0.15) is 10.2 Å². The summed E-state index contributed by atoms with van der Waals surface area (Å²) in [6.45, 7) is 1.89.